The number of carbonyl (C=O) groups excluding carboxylic acids is 1. The van der Waals surface area contributed by atoms with Gasteiger partial charge in [0.1, 0.15) is 11.5 Å². The van der Waals surface area contributed by atoms with E-state index in [1.165, 1.54) is 12.7 Å². The maximum absolute atomic E-state index is 12.4. The summed E-state index contributed by atoms with van der Waals surface area (Å²) >= 11 is 5.26. The summed E-state index contributed by atoms with van der Waals surface area (Å²) in [4.78, 5) is 12.4. The molecular weight excluding hydrogens is 384 g/mol. The Morgan fingerprint density at radius 2 is 1.72 bits per heavy atom. The van der Waals surface area contributed by atoms with Gasteiger partial charge >= 0.3 is 0 Å². The molecule has 6 heteroatoms. The van der Waals surface area contributed by atoms with Crippen LogP contribution in [0, 0.1) is 0 Å². The third-order valence-corrected chi connectivity index (χ3v) is 4.38. The van der Waals surface area contributed by atoms with Gasteiger partial charge in [-0.05, 0) is 42.0 Å². The summed E-state index contributed by atoms with van der Waals surface area (Å²) in [5, 5.41) is 5.87. The second-order valence-electron chi connectivity index (χ2n) is 6.22. The lowest BCUT2D eigenvalue weighted by Gasteiger charge is -2.12. The van der Waals surface area contributed by atoms with Crippen molar-refractivity contribution >= 4 is 28.9 Å². The van der Waals surface area contributed by atoms with Gasteiger partial charge in [-0.15, -0.1) is 0 Å². The third kappa shape index (κ3) is 6.05. The average molecular weight is 407 g/mol. The molecule has 0 spiro atoms. The number of anilines is 1. The highest BCUT2D eigenvalue weighted by Crippen LogP contribution is 2.19. The molecule has 0 saturated carbocycles. The van der Waals surface area contributed by atoms with Gasteiger partial charge in [-0.3, -0.25) is 10.1 Å². The number of para-hydroxylation sites is 1. The molecule has 0 saturated heterocycles. The smallest absolute Gasteiger partial charge is 0.261 e. The van der Waals surface area contributed by atoms with Crippen molar-refractivity contribution in [1.82, 2.24) is 5.32 Å². The SMILES string of the molecule is COc1ccccc1C(=O)NC(=S)Nc1cccc(OCCc2ccccc2)c1. The zero-order valence-corrected chi connectivity index (χ0v) is 16.9. The Morgan fingerprint density at radius 3 is 2.52 bits per heavy atom. The predicted octanol–water partition coefficient (Wildman–Crippen LogP) is 4.44. The summed E-state index contributed by atoms with van der Waals surface area (Å²) in [6, 6.07) is 24.6. The Balaban J connectivity index is 1.54. The monoisotopic (exact) mass is 406 g/mol. The molecule has 5 nitrogen and oxygen atoms in total. The molecule has 2 N–H and O–H groups in total. The number of carbonyl (C=O) groups is 1. The number of amides is 1. The summed E-state index contributed by atoms with van der Waals surface area (Å²) in [7, 11) is 1.52. The number of methoxy groups -OCH3 is 1. The zero-order chi connectivity index (χ0) is 20.5. The summed E-state index contributed by atoms with van der Waals surface area (Å²) < 4.78 is 11.0. The molecule has 1 amide bonds. The van der Waals surface area contributed by atoms with Crippen LogP contribution < -0.4 is 20.1 Å². The van der Waals surface area contributed by atoms with E-state index in [1.54, 1.807) is 24.3 Å². The van der Waals surface area contributed by atoms with Gasteiger partial charge in [0.2, 0.25) is 0 Å². The van der Waals surface area contributed by atoms with Gasteiger partial charge < -0.3 is 14.8 Å². The molecule has 0 radical (unpaired) electrons. The molecule has 29 heavy (non-hydrogen) atoms. The van der Waals surface area contributed by atoms with Crippen LogP contribution in [0.1, 0.15) is 15.9 Å². The second-order valence-corrected chi connectivity index (χ2v) is 6.63. The van der Waals surface area contributed by atoms with Gasteiger partial charge in [-0.1, -0.05) is 48.5 Å². The number of nitrogens with one attached hydrogen (secondary N) is 2. The summed E-state index contributed by atoms with van der Waals surface area (Å²) in [6.45, 7) is 0.572. The van der Waals surface area contributed by atoms with Gasteiger partial charge in [0.05, 0.1) is 19.3 Å². The maximum Gasteiger partial charge on any atom is 0.261 e. The predicted molar refractivity (Wildman–Crippen MR) is 119 cm³/mol. The molecule has 0 aliphatic heterocycles. The molecule has 3 rings (SSSR count). The van der Waals surface area contributed by atoms with Crippen LogP contribution in [0.25, 0.3) is 0 Å². The highest BCUT2D eigenvalue weighted by molar-refractivity contribution is 7.80. The quantitative estimate of drug-likeness (QED) is 0.568. The van der Waals surface area contributed by atoms with Gasteiger partial charge in [0, 0.05) is 18.2 Å². The maximum atomic E-state index is 12.4. The van der Waals surface area contributed by atoms with Crippen LogP contribution >= 0.6 is 12.2 Å². The van der Waals surface area contributed by atoms with Crippen LogP contribution in [0.2, 0.25) is 0 Å². The van der Waals surface area contributed by atoms with Crippen LogP contribution in [0.5, 0.6) is 11.5 Å². The molecular formula is C23H22N2O3S. The minimum Gasteiger partial charge on any atom is -0.496 e. The zero-order valence-electron chi connectivity index (χ0n) is 16.1. The highest BCUT2D eigenvalue weighted by atomic mass is 32.1. The Morgan fingerprint density at radius 1 is 0.966 bits per heavy atom. The van der Waals surface area contributed by atoms with Gasteiger partial charge in [-0.25, -0.2) is 0 Å². The molecule has 0 aliphatic carbocycles. The lowest BCUT2D eigenvalue weighted by Crippen LogP contribution is -2.34. The largest absolute Gasteiger partial charge is 0.496 e. The minimum absolute atomic E-state index is 0.197. The van der Waals surface area contributed by atoms with E-state index in [4.69, 9.17) is 21.7 Å². The number of benzene rings is 3. The van der Waals surface area contributed by atoms with Crippen LogP contribution in [-0.2, 0) is 6.42 Å². The number of ether oxygens (including phenoxy) is 2. The van der Waals surface area contributed by atoms with Crippen molar-refractivity contribution < 1.29 is 14.3 Å². The first-order valence-corrected chi connectivity index (χ1v) is 9.58. The standard InChI is InChI=1S/C23H22N2O3S/c1-27-21-13-6-5-12-20(21)22(26)25-23(29)24-18-10-7-11-19(16-18)28-15-14-17-8-3-2-4-9-17/h2-13,16H,14-15H2,1H3,(H2,24,25,26,29). The highest BCUT2D eigenvalue weighted by Gasteiger charge is 2.13. The molecule has 0 atom stereocenters. The van der Waals surface area contributed by atoms with Crippen LogP contribution in [0.15, 0.2) is 78.9 Å². The van der Waals surface area contributed by atoms with Crippen LogP contribution in [0.3, 0.4) is 0 Å². The van der Waals surface area contributed by atoms with Crippen molar-refractivity contribution in [3.05, 3.63) is 90.0 Å². The molecule has 0 aliphatic rings. The molecule has 0 heterocycles. The first kappa shape index (κ1) is 20.4. The Kier molecular flexibility index (Phi) is 7.19. The summed E-state index contributed by atoms with van der Waals surface area (Å²) in [5.74, 6) is 0.876. The number of hydrogen-bond acceptors (Lipinski definition) is 4. The molecule has 148 valence electrons. The van der Waals surface area contributed by atoms with E-state index in [-0.39, 0.29) is 11.0 Å². The summed E-state index contributed by atoms with van der Waals surface area (Å²) in [5.41, 5.74) is 2.37. The Labute approximate surface area is 175 Å². The van der Waals surface area contributed by atoms with Gasteiger partial charge in [-0.2, -0.15) is 0 Å². The molecule has 0 fully saturated rings. The fraction of sp³-hybridized carbons (Fsp3) is 0.130. The van der Waals surface area contributed by atoms with Crippen molar-refractivity contribution in [1.29, 1.82) is 0 Å². The van der Waals surface area contributed by atoms with Crippen molar-refractivity contribution in [2.45, 2.75) is 6.42 Å². The topological polar surface area (TPSA) is 59.6 Å². The molecule has 3 aromatic carbocycles. The minimum atomic E-state index is -0.338. The third-order valence-electron chi connectivity index (χ3n) is 4.17. The van der Waals surface area contributed by atoms with Gasteiger partial charge in [0.25, 0.3) is 5.91 Å². The fourth-order valence-corrected chi connectivity index (χ4v) is 2.97. The fourth-order valence-electron chi connectivity index (χ4n) is 2.76. The summed E-state index contributed by atoms with van der Waals surface area (Å²) in [6.07, 6.45) is 0.825. The van der Waals surface area contributed by atoms with Crippen molar-refractivity contribution in [2.75, 3.05) is 19.0 Å². The molecule has 0 aromatic heterocycles. The Bertz CT molecular complexity index is 977. The van der Waals surface area contributed by atoms with Crippen molar-refractivity contribution in [3.63, 3.8) is 0 Å². The number of thiocarbonyl (C=S) groups is 1. The van der Waals surface area contributed by atoms with E-state index in [2.05, 4.69) is 22.8 Å². The lowest BCUT2D eigenvalue weighted by molar-refractivity contribution is 0.0975. The van der Waals surface area contributed by atoms with E-state index in [0.29, 0.717) is 17.9 Å². The molecule has 3 aromatic rings. The number of hydrogen-bond donors (Lipinski definition) is 2. The lowest BCUT2D eigenvalue weighted by atomic mass is 10.2. The van der Waals surface area contributed by atoms with Crippen LogP contribution in [0.4, 0.5) is 5.69 Å². The average Bonchev–Trinajstić information content (AvgIpc) is 2.74. The van der Waals surface area contributed by atoms with Crippen molar-refractivity contribution in [3.8, 4) is 11.5 Å². The normalized spacial score (nSPS) is 10.1. The number of rotatable bonds is 7. The molecule has 0 bridgehead atoms. The van der Waals surface area contributed by atoms with E-state index < -0.39 is 0 Å². The molecule has 0 unspecified atom stereocenters. The first-order valence-electron chi connectivity index (χ1n) is 9.18. The first-order chi connectivity index (χ1) is 14.2. The van der Waals surface area contributed by atoms with Gasteiger partial charge in [0.15, 0.2) is 5.11 Å². The van der Waals surface area contributed by atoms with E-state index in [9.17, 15) is 4.79 Å². The van der Waals surface area contributed by atoms with E-state index in [0.717, 1.165) is 17.9 Å². The second kappa shape index (κ2) is 10.2. The van der Waals surface area contributed by atoms with Crippen LogP contribution in [-0.4, -0.2) is 24.7 Å². The van der Waals surface area contributed by atoms with E-state index in [1.807, 2.05) is 42.5 Å². The van der Waals surface area contributed by atoms with Crippen molar-refractivity contribution in [2.24, 2.45) is 0 Å². The van der Waals surface area contributed by atoms with E-state index >= 15 is 0 Å². The Hall–Kier alpha value is -3.38.